The predicted molar refractivity (Wildman–Crippen MR) is 126 cm³/mol. The number of aryl methyl sites for hydroxylation is 1. The third kappa shape index (κ3) is 3.94. The fourth-order valence-corrected chi connectivity index (χ4v) is 4.46. The number of hydrogen-bond donors (Lipinski definition) is 2. The summed E-state index contributed by atoms with van der Waals surface area (Å²) in [5, 5.41) is 4.37. The largest absolute Gasteiger partial charge is 0.497 e. The van der Waals surface area contributed by atoms with E-state index < -0.39 is 0 Å². The van der Waals surface area contributed by atoms with Crippen molar-refractivity contribution >= 4 is 16.8 Å². The number of hydrogen-bond acceptors (Lipinski definition) is 3. The summed E-state index contributed by atoms with van der Waals surface area (Å²) in [6.45, 7) is 0.617. The van der Waals surface area contributed by atoms with Gasteiger partial charge in [0.2, 0.25) is 5.91 Å². The van der Waals surface area contributed by atoms with Gasteiger partial charge < -0.3 is 19.8 Å². The van der Waals surface area contributed by atoms with Crippen LogP contribution in [0.25, 0.3) is 22.2 Å². The Labute approximate surface area is 187 Å². The Kier molecular flexibility index (Phi) is 5.55. The molecule has 5 heteroatoms. The highest BCUT2D eigenvalue weighted by Gasteiger charge is 2.23. The molecule has 2 heterocycles. The quantitative estimate of drug-likeness (QED) is 0.433. The SMILES string of the molecule is COc1ccc(-c2[nH]c3ccccc3c2CCC(=O)NC2CCOc3ccccc32)cc1. The molecular weight excluding hydrogens is 400 g/mol. The Morgan fingerprint density at radius 2 is 1.84 bits per heavy atom. The van der Waals surface area contributed by atoms with E-state index in [4.69, 9.17) is 9.47 Å². The van der Waals surface area contributed by atoms with Crippen molar-refractivity contribution in [2.24, 2.45) is 0 Å². The van der Waals surface area contributed by atoms with E-state index in [1.54, 1.807) is 7.11 Å². The van der Waals surface area contributed by atoms with Crippen LogP contribution in [0.5, 0.6) is 11.5 Å². The number of para-hydroxylation sites is 2. The minimum Gasteiger partial charge on any atom is -0.497 e. The van der Waals surface area contributed by atoms with Crippen molar-refractivity contribution in [3.05, 3.63) is 83.9 Å². The second kappa shape index (κ2) is 8.79. The molecule has 5 nitrogen and oxygen atoms in total. The number of carbonyl (C=O) groups excluding carboxylic acids is 1. The zero-order valence-corrected chi connectivity index (χ0v) is 18.1. The van der Waals surface area contributed by atoms with Crippen LogP contribution >= 0.6 is 0 Å². The van der Waals surface area contributed by atoms with E-state index in [1.165, 1.54) is 0 Å². The lowest BCUT2D eigenvalue weighted by molar-refractivity contribution is -0.122. The highest BCUT2D eigenvalue weighted by molar-refractivity contribution is 5.91. The van der Waals surface area contributed by atoms with E-state index in [1.807, 2.05) is 60.7 Å². The second-order valence-corrected chi connectivity index (χ2v) is 8.05. The van der Waals surface area contributed by atoms with Gasteiger partial charge in [-0.1, -0.05) is 36.4 Å². The van der Waals surface area contributed by atoms with Crippen LogP contribution in [0.3, 0.4) is 0 Å². The van der Waals surface area contributed by atoms with Gasteiger partial charge in [0.25, 0.3) is 0 Å². The number of fused-ring (bicyclic) bond motifs is 2. The number of ether oxygens (including phenoxy) is 2. The first kappa shape index (κ1) is 20.2. The van der Waals surface area contributed by atoms with Gasteiger partial charge in [-0.05, 0) is 53.9 Å². The third-order valence-corrected chi connectivity index (χ3v) is 6.09. The van der Waals surface area contributed by atoms with Crippen molar-refractivity contribution in [2.45, 2.75) is 25.3 Å². The topological polar surface area (TPSA) is 63.4 Å². The van der Waals surface area contributed by atoms with Crippen LogP contribution in [0, 0.1) is 0 Å². The molecule has 0 bridgehead atoms. The number of amides is 1. The van der Waals surface area contributed by atoms with Crippen molar-refractivity contribution < 1.29 is 14.3 Å². The lowest BCUT2D eigenvalue weighted by Gasteiger charge is -2.26. The number of aromatic nitrogens is 1. The minimum absolute atomic E-state index is 0.00326. The van der Waals surface area contributed by atoms with Gasteiger partial charge in [-0.25, -0.2) is 0 Å². The predicted octanol–water partition coefficient (Wildman–Crippen LogP) is 5.42. The highest BCUT2D eigenvalue weighted by atomic mass is 16.5. The van der Waals surface area contributed by atoms with Crippen molar-refractivity contribution in [1.29, 1.82) is 0 Å². The van der Waals surface area contributed by atoms with Gasteiger partial charge in [-0.2, -0.15) is 0 Å². The van der Waals surface area contributed by atoms with Crippen LogP contribution in [-0.4, -0.2) is 24.6 Å². The molecule has 0 saturated carbocycles. The summed E-state index contributed by atoms with van der Waals surface area (Å²) in [5.41, 5.74) is 5.42. The summed E-state index contributed by atoms with van der Waals surface area (Å²) < 4.78 is 11.0. The Morgan fingerprint density at radius 3 is 2.69 bits per heavy atom. The van der Waals surface area contributed by atoms with Crippen LogP contribution in [0.1, 0.15) is 30.0 Å². The first-order chi connectivity index (χ1) is 15.7. The molecule has 4 aromatic rings. The van der Waals surface area contributed by atoms with Crippen LogP contribution in [-0.2, 0) is 11.2 Å². The Bertz CT molecular complexity index is 1240. The fraction of sp³-hybridized carbons (Fsp3) is 0.222. The van der Waals surface area contributed by atoms with Crippen LogP contribution in [0.4, 0.5) is 0 Å². The highest BCUT2D eigenvalue weighted by Crippen LogP contribution is 2.33. The molecule has 3 aromatic carbocycles. The number of methoxy groups -OCH3 is 1. The van der Waals surface area contributed by atoms with Gasteiger partial charge in [0.05, 0.1) is 19.8 Å². The first-order valence-electron chi connectivity index (χ1n) is 11.0. The number of rotatable bonds is 6. The summed E-state index contributed by atoms with van der Waals surface area (Å²) in [6.07, 6.45) is 1.86. The summed E-state index contributed by atoms with van der Waals surface area (Å²) in [7, 11) is 1.67. The molecule has 0 fully saturated rings. The van der Waals surface area contributed by atoms with E-state index in [-0.39, 0.29) is 11.9 Å². The maximum Gasteiger partial charge on any atom is 0.220 e. The Balaban J connectivity index is 1.36. The molecule has 0 radical (unpaired) electrons. The van der Waals surface area contributed by atoms with Crippen LogP contribution in [0.15, 0.2) is 72.8 Å². The zero-order valence-electron chi connectivity index (χ0n) is 18.1. The molecule has 1 aliphatic heterocycles. The molecule has 162 valence electrons. The van der Waals surface area contributed by atoms with Gasteiger partial charge >= 0.3 is 0 Å². The Hall–Kier alpha value is -3.73. The molecule has 1 aromatic heterocycles. The molecule has 0 aliphatic carbocycles. The molecular formula is C27H26N2O3. The van der Waals surface area contributed by atoms with E-state index in [0.29, 0.717) is 19.4 Å². The summed E-state index contributed by atoms with van der Waals surface area (Å²) in [6, 6.07) is 24.2. The summed E-state index contributed by atoms with van der Waals surface area (Å²) >= 11 is 0. The maximum atomic E-state index is 12.9. The Morgan fingerprint density at radius 1 is 1.06 bits per heavy atom. The number of carbonyl (C=O) groups is 1. The number of benzene rings is 3. The normalized spacial score (nSPS) is 15.1. The molecule has 32 heavy (non-hydrogen) atoms. The zero-order chi connectivity index (χ0) is 21.9. The fourth-order valence-electron chi connectivity index (χ4n) is 4.46. The van der Waals surface area contributed by atoms with Gasteiger partial charge in [-0.3, -0.25) is 4.79 Å². The average molecular weight is 427 g/mol. The van der Waals surface area contributed by atoms with E-state index in [9.17, 15) is 4.79 Å². The minimum atomic E-state index is -0.00326. The van der Waals surface area contributed by atoms with E-state index in [0.717, 1.165) is 51.2 Å². The third-order valence-electron chi connectivity index (χ3n) is 6.09. The molecule has 2 N–H and O–H groups in total. The maximum absolute atomic E-state index is 12.9. The van der Waals surface area contributed by atoms with Crippen LogP contribution < -0.4 is 14.8 Å². The smallest absolute Gasteiger partial charge is 0.220 e. The monoisotopic (exact) mass is 426 g/mol. The molecule has 5 rings (SSSR count). The van der Waals surface area contributed by atoms with Gasteiger partial charge in [-0.15, -0.1) is 0 Å². The molecule has 1 amide bonds. The second-order valence-electron chi connectivity index (χ2n) is 8.05. The van der Waals surface area contributed by atoms with Crippen molar-refractivity contribution in [3.63, 3.8) is 0 Å². The van der Waals surface area contributed by atoms with E-state index >= 15 is 0 Å². The van der Waals surface area contributed by atoms with Crippen molar-refractivity contribution in [2.75, 3.05) is 13.7 Å². The lowest BCUT2D eigenvalue weighted by atomic mass is 9.99. The van der Waals surface area contributed by atoms with Crippen molar-refractivity contribution in [3.8, 4) is 22.8 Å². The number of aromatic amines is 1. The van der Waals surface area contributed by atoms with Crippen LogP contribution in [0.2, 0.25) is 0 Å². The molecule has 1 aliphatic rings. The average Bonchev–Trinajstić information content (AvgIpc) is 3.21. The molecule has 0 spiro atoms. The summed E-state index contributed by atoms with van der Waals surface area (Å²) in [5.74, 6) is 1.74. The molecule has 0 saturated heterocycles. The number of H-pyrrole nitrogens is 1. The lowest BCUT2D eigenvalue weighted by Crippen LogP contribution is -2.32. The van der Waals surface area contributed by atoms with Gasteiger partial charge in [0.1, 0.15) is 11.5 Å². The van der Waals surface area contributed by atoms with E-state index in [2.05, 4.69) is 22.4 Å². The first-order valence-corrected chi connectivity index (χ1v) is 11.0. The van der Waals surface area contributed by atoms with Crippen molar-refractivity contribution in [1.82, 2.24) is 10.3 Å². The standard InChI is InChI=1S/C27H26N2O3/c1-31-19-12-10-18(11-13-19)27-21(20-6-2-4-8-23(20)29-27)14-15-26(30)28-24-16-17-32-25-9-5-3-7-22(24)25/h2-13,24,29H,14-17H2,1H3,(H,28,30). The molecule has 1 unspecified atom stereocenters. The van der Waals surface area contributed by atoms with Gasteiger partial charge in [0, 0.05) is 35.0 Å². The van der Waals surface area contributed by atoms with Gasteiger partial charge in [0.15, 0.2) is 0 Å². The summed E-state index contributed by atoms with van der Waals surface area (Å²) in [4.78, 5) is 16.5. The number of nitrogens with one attached hydrogen (secondary N) is 2. The molecule has 1 atom stereocenters.